The Morgan fingerprint density at radius 1 is 1.05 bits per heavy atom. The SMILES string of the molecule is CCCC(C)COc1nc(NCC)nc(OCC)n1. The topological polar surface area (TPSA) is 69.2 Å². The monoisotopic (exact) mass is 268 g/mol. The van der Waals surface area contributed by atoms with Gasteiger partial charge in [0.05, 0.1) is 13.2 Å². The van der Waals surface area contributed by atoms with E-state index in [1.165, 1.54) is 0 Å². The van der Waals surface area contributed by atoms with Gasteiger partial charge in [0.2, 0.25) is 5.95 Å². The van der Waals surface area contributed by atoms with Gasteiger partial charge in [0, 0.05) is 6.54 Å². The van der Waals surface area contributed by atoms with Crippen molar-refractivity contribution in [2.24, 2.45) is 5.92 Å². The summed E-state index contributed by atoms with van der Waals surface area (Å²) in [5, 5.41) is 3.04. The van der Waals surface area contributed by atoms with E-state index in [9.17, 15) is 0 Å². The summed E-state index contributed by atoms with van der Waals surface area (Å²) in [6.07, 6.45) is 2.28. The Kier molecular flexibility index (Phi) is 6.92. The molecule has 6 heteroatoms. The summed E-state index contributed by atoms with van der Waals surface area (Å²) in [5.41, 5.74) is 0. The zero-order valence-electron chi connectivity index (χ0n) is 12.3. The first-order valence-electron chi connectivity index (χ1n) is 6.95. The maximum absolute atomic E-state index is 5.61. The first kappa shape index (κ1) is 15.5. The molecule has 0 aliphatic rings. The number of anilines is 1. The van der Waals surface area contributed by atoms with E-state index in [0.29, 0.717) is 37.1 Å². The van der Waals surface area contributed by atoms with Crippen LogP contribution in [0.15, 0.2) is 0 Å². The predicted molar refractivity (Wildman–Crippen MR) is 74.7 cm³/mol. The van der Waals surface area contributed by atoms with E-state index in [1.54, 1.807) is 0 Å². The molecule has 0 amide bonds. The zero-order valence-corrected chi connectivity index (χ0v) is 12.3. The van der Waals surface area contributed by atoms with E-state index in [2.05, 4.69) is 34.1 Å². The lowest BCUT2D eigenvalue weighted by molar-refractivity contribution is 0.226. The van der Waals surface area contributed by atoms with E-state index in [1.807, 2.05) is 13.8 Å². The minimum absolute atomic E-state index is 0.298. The Balaban J connectivity index is 2.69. The fourth-order valence-electron chi connectivity index (χ4n) is 1.63. The number of ether oxygens (including phenoxy) is 2. The molecule has 1 rings (SSSR count). The van der Waals surface area contributed by atoms with Gasteiger partial charge in [-0.25, -0.2) is 0 Å². The lowest BCUT2D eigenvalue weighted by atomic mass is 10.1. The molecule has 0 aromatic carbocycles. The first-order chi connectivity index (χ1) is 9.19. The van der Waals surface area contributed by atoms with Crippen LogP contribution in [0, 0.1) is 5.92 Å². The summed E-state index contributed by atoms with van der Waals surface area (Å²) in [6, 6.07) is 0.615. The van der Waals surface area contributed by atoms with Crippen molar-refractivity contribution in [1.82, 2.24) is 15.0 Å². The summed E-state index contributed by atoms with van der Waals surface area (Å²) >= 11 is 0. The molecule has 0 fully saturated rings. The third-order valence-electron chi connectivity index (χ3n) is 2.48. The molecular weight excluding hydrogens is 244 g/mol. The molecule has 1 unspecified atom stereocenters. The van der Waals surface area contributed by atoms with Crippen LogP contribution in [0.3, 0.4) is 0 Å². The Labute approximate surface area is 115 Å². The fraction of sp³-hybridized carbons (Fsp3) is 0.769. The van der Waals surface area contributed by atoms with Crippen LogP contribution in [-0.4, -0.2) is 34.7 Å². The second-order valence-corrected chi connectivity index (χ2v) is 4.39. The average molecular weight is 268 g/mol. The molecule has 19 heavy (non-hydrogen) atoms. The lowest BCUT2D eigenvalue weighted by Crippen LogP contribution is -2.13. The number of hydrogen-bond acceptors (Lipinski definition) is 6. The van der Waals surface area contributed by atoms with Crippen molar-refractivity contribution in [3.8, 4) is 12.0 Å². The van der Waals surface area contributed by atoms with Gasteiger partial charge in [0.25, 0.3) is 0 Å². The van der Waals surface area contributed by atoms with Crippen LogP contribution in [0.1, 0.15) is 40.5 Å². The molecule has 0 spiro atoms. The quantitative estimate of drug-likeness (QED) is 0.742. The number of rotatable bonds is 9. The van der Waals surface area contributed by atoms with Gasteiger partial charge < -0.3 is 14.8 Å². The molecule has 108 valence electrons. The van der Waals surface area contributed by atoms with E-state index in [4.69, 9.17) is 9.47 Å². The zero-order chi connectivity index (χ0) is 14.1. The Morgan fingerprint density at radius 2 is 1.74 bits per heavy atom. The van der Waals surface area contributed by atoms with E-state index in [0.717, 1.165) is 19.4 Å². The summed E-state index contributed by atoms with van der Waals surface area (Å²) in [6.45, 7) is 10.0. The van der Waals surface area contributed by atoms with Crippen molar-refractivity contribution in [3.05, 3.63) is 0 Å². The Morgan fingerprint density at radius 3 is 2.32 bits per heavy atom. The van der Waals surface area contributed by atoms with Crippen LogP contribution < -0.4 is 14.8 Å². The van der Waals surface area contributed by atoms with Crippen LogP contribution in [0.4, 0.5) is 5.95 Å². The second kappa shape index (κ2) is 8.50. The summed E-state index contributed by atoms with van der Waals surface area (Å²) in [5.74, 6) is 0.971. The number of nitrogens with one attached hydrogen (secondary N) is 1. The van der Waals surface area contributed by atoms with E-state index < -0.39 is 0 Å². The number of hydrogen-bond donors (Lipinski definition) is 1. The molecular formula is C13H24N4O2. The highest BCUT2D eigenvalue weighted by Crippen LogP contribution is 2.14. The summed E-state index contributed by atoms with van der Waals surface area (Å²) < 4.78 is 10.9. The maximum Gasteiger partial charge on any atom is 0.324 e. The third-order valence-corrected chi connectivity index (χ3v) is 2.48. The molecule has 1 aromatic heterocycles. The number of nitrogens with zero attached hydrogens (tertiary/aromatic N) is 3. The van der Waals surface area contributed by atoms with Crippen LogP contribution in [0.5, 0.6) is 12.0 Å². The van der Waals surface area contributed by atoms with Gasteiger partial charge in [0.1, 0.15) is 0 Å². The van der Waals surface area contributed by atoms with Crippen molar-refractivity contribution < 1.29 is 9.47 Å². The largest absolute Gasteiger partial charge is 0.464 e. The molecule has 0 aliphatic carbocycles. The van der Waals surface area contributed by atoms with E-state index in [-0.39, 0.29) is 0 Å². The van der Waals surface area contributed by atoms with Crippen molar-refractivity contribution in [3.63, 3.8) is 0 Å². The summed E-state index contributed by atoms with van der Waals surface area (Å²) in [7, 11) is 0. The van der Waals surface area contributed by atoms with Crippen molar-refractivity contribution >= 4 is 5.95 Å². The molecule has 1 heterocycles. The predicted octanol–water partition coefficient (Wildman–Crippen LogP) is 2.52. The highest BCUT2D eigenvalue weighted by molar-refractivity contribution is 5.27. The second-order valence-electron chi connectivity index (χ2n) is 4.39. The van der Waals surface area contributed by atoms with Crippen molar-refractivity contribution in [2.45, 2.75) is 40.5 Å². The molecule has 1 atom stereocenters. The first-order valence-corrected chi connectivity index (χ1v) is 6.95. The van der Waals surface area contributed by atoms with Gasteiger partial charge in [-0.05, 0) is 26.2 Å². The van der Waals surface area contributed by atoms with Crippen molar-refractivity contribution in [2.75, 3.05) is 25.1 Å². The number of aromatic nitrogens is 3. The van der Waals surface area contributed by atoms with Gasteiger partial charge in [-0.3, -0.25) is 0 Å². The van der Waals surface area contributed by atoms with Gasteiger partial charge in [-0.2, -0.15) is 9.97 Å². The minimum Gasteiger partial charge on any atom is -0.464 e. The fourth-order valence-corrected chi connectivity index (χ4v) is 1.63. The molecule has 1 N–H and O–H groups in total. The Bertz CT molecular complexity index is 349. The molecule has 0 aliphatic heterocycles. The van der Waals surface area contributed by atoms with E-state index >= 15 is 0 Å². The van der Waals surface area contributed by atoms with Crippen LogP contribution >= 0.6 is 0 Å². The van der Waals surface area contributed by atoms with Crippen LogP contribution in [-0.2, 0) is 0 Å². The normalized spacial score (nSPS) is 12.0. The van der Waals surface area contributed by atoms with Gasteiger partial charge in [0.15, 0.2) is 0 Å². The van der Waals surface area contributed by atoms with Gasteiger partial charge >= 0.3 is 12.0 Å². The Hall–Kier alpha value is -1.59. The third kappa shape index (κ3) is 5.72. The standard InChI is InChI=1S/C13H24N4O2/c1-5-8-10(4)9-19-13-16-11(14-6-2)15-12(17-13)18-7-3/h10H,5-9H2,1-4H3,(H,14,15,16,17). The van der Waals surface area contributed by atoms with Gasteiger partial charge in [-0.1, -0.05) is 20.3 Å². The average Bonchev–Trinajstić information content (AvgIpc) is 2.37. The molecule has 0 saturated heterocycles. The molecule has 0 saturated carbocycles. The summed E-state index contributed by atoms with van der Waals surface area (Å²) in [4.78, 5) is 12.5. The maximum atomic E-state index is 5.61. The molecule has 6 nitrogen and oxygen atoms in total. The van der Waals surface area contributed by atoms with Crippen LogP contribution in [0.25, 0.3) is 0 Å². The lowest BCUT2D eigenvalue weighted by Gasteiger charge is -2.12. The molecule has 1 aromatic rings. The molecule has 0 radical (unpaired) electrons. The minimum atomic E-state index is 0.298. The van der Waals surface area contributed by atoms with Gasteiger partial charge in [-0.15, -0.1) is 4.98 Å². The van der Waals surface area contributed by atoms with Crippen molar-refractivity contribution in [1.29, 1.82) is 0 Å². The van der Waals surface area contributed by atoms with Crippen LogP contribution in [0.2, 0.25) is 0 Å². The molecule has 0 bridgehead atoms. The smallest absolute Gasteiger partial charge is 0.324 e. The highest BCUT2D eigenvalue weighted by atomic mass is 16.5. The highest BCUT2D eigenvalue weighted by Gasteiger charge is 2.09.